The Morgan fingerprint density at radius 2 is 1.88 bits per heavy atom. The first kappa shape index (κ1) is 15.2. The molecule has 1 aromatic carbocycles. The van der Waals surface area contributed by atoms with Crippen LogP contribution in [0.1, 0.15) is 38.8 Å². The van der Waals surface area contributed by atoms with Crippen LogP contribution in [0.3, 0.4) is 0 Å². The highest BCUT2D eigenvalue weighted by Gasteiger charge is 2.07. The number of benzene rings is 1. The number of nitrogens with zero attached hydrogens (tertiary/aromatic N) is 1. The van der Waals surface area contributed by atoms with E-state index in [1.807, 2.05) is 25.6 Å². The van der Waals surface area contributed by atoms with Crippen molar-refractivity contribution in [1.82, 2.24) is 0 Å². The molecule has 90 valence electrons. The number of aliphatic imine (C=N–C) groups is 1. The van der Waals surface area contributed by atoms with Gasteiger partial charge in [0, 0.05) is 4.90 Å². The van der Waals surface area contributed by atoms with Crippen molar-refractivity contribution in [2.75, 3.05) is 5.75 Å². The molecule has 0 unspecified atom stereocenters. The molecule has 16 heavy (non-hydrogen) atoms. The molecule has 0 radical (unpaired) electrons. The number of hydrogen-bond donors (Lipinski definition) is 0. The molecule has 2 heteroatoms. The molecule has 0 aromatic heterocycles. The van der Waals surface area contributed by atoms with Crippen LogP contribution in [0.5, 0.6) is 0 Å². The third kappa shape index (κ3) is 3.67. The summed E-state index contributed by atoms with van der Waals surface area (Å²) in [6.45, 7) is 14.1. The van der Waals surface area contributed by atoms with E-state index < -0.39 is 0 Å². The first-order valence-electron chi connectivity index (χ1n) is 5.96. The largest absolute Gasteiger partial charge is 0.263 e. The molecule has 0 saturated heterocycles. The Morgan fingerprint density at radius 3 is 2.31 bits per heavy atom. The molecule has 0 aliphatic rings. The summed E-state index contributed by atoms with van der Waals surface area (Å²) in [5.41, 5.74) is 3.80. The summed E-state index contributed by atoms with van der Waals surface area (Å²) < 4.78 is 0. The van der Waals surface area contributed by atoms with Crippen molar-refractivity contribution < 1.29 is 0 Å². The maximum Gasteiger partial charge on any atom is 0.0761 e. The molecule has 0 amide bonds. The number of hydrogen-bond acceptors (Lipinski definition) is 2. The summed E-state index contributed by atoms with van der Waals surface area (Å²) in [6, 6.07) is 4.22. The lowest BCUT2D eigenvalue weighted by Crippen LogP contribution is -1.90. The molecule has 0 aliphatic carbocycles. The second kappa shape index (κ2) is 8.40. The van der Waals surface area contributed by atoms with Crippen molar-refractivity contribution in [1.29, 1.82) is 0 Å². The second-order valence-electron chi connectivity index (χ2n) is 3.14. The lowest BCUT2D eigenvalue weighted by molar-refractivity contribution is 1.08. The molecule has 0 saturated carbocycles. The van der Waals surface area contributed by atoms with Crippen LogP contribution < -0.4 is 0 Å². The summed E-state index contributed by atoms with van der Waals surface area (Å²) in [6.07, 6.45) is 1.08. The van der Waals surface area contributed by atoms with E-state index in [4.69, 9.17) is 0 Å². The fourth-order valence-electron chi connectivity index (χ4n) is 1.55. The maximum absolute atomic E-state index is 4.05. The van der Waals surface area contributed by atoms with Gasteiger partial charge in [0.25, 0.3) is 0 Å². The number of rotatable bonds is 4. The highest BCUT2D eigenvalue weighted by molar-refractivity contribution is 7.99. The van der Waals surface area contributed by atoms with Gasteiger partial charge in [0.05, 0.1) is 5.69 Å². The third-order valence-electron chi connectivity index (χ3n) is 2.34. The van der Waals surface area contributed by atoms with Crippen molar-refractivity contribution in [3.05, 3.63) is 23.3 Å². The Labute approximate surface area is 104 Å². The SMILES string of the molecule is C=Nc1ccc(CC)c(C)c1SCC.CC. The van der Waals surface area contributed by atoms with E-state index in [2.05, 4.69) is 44.6 Å². The van der Waals surface area contributed by atoms with E-state index in [9.17, 15) is 0 Å². The molecule has 0 atom stereocenters. The minimum atomic E-state index is 1.02. The van der Waals surface area contributed by atoms with Gasteiger partial charge in [-0.05, 0) is 43.0 Å². The zero-order valence-electron chi connectivity index (χ0n) is 11.1. The van der Waals surface area contributed by atoms with Crippen LogP contribution in [0.25, 0.3) is 0 Å². The van der Waals surface area contributed by atoms with Crippen LogP contribution in [0.4, 0.5) is 5.69 Å². The van der Waals surface area contributed by atoms with Gasteiger partial charge in [0.1, 0.15) is 0 Å². The van der Waals surface area contributed by atoms with Gasteiger partial charge >= 0.3 is 0 Å². The van der Waals surface area contributed by atoms with E-state index in [0.29, 0.717) is 0 Å². The predicted molar refractivity (Wildman–Crippen MR) is 77.5 cm³/mol. The molecular weight excluding hydrogens is 214 g/mol. The van der Waals surface area contributed by atoms with E-state index >= 15 is 0 Å². The zero-order valence-corrected chi connectivity index (χ0v) is 11.9. The van der Waals surface area contributed by atoms with Crippen LogP contribution in [0, 0.1) is 6.92 Å². The van der Waals surface area contributed by atoms with Gasteiger partial charge in [-0.15, -0.1) is 11.8 Å². The Bertz CT molecular complexity index is 332. The summed E-state index contributed by atoms with van der Waals surface area (Å²) in [7, 11) is 0. The average molecular weight is 237 g/mol. The van der Waals surface area contributed by atoms with Gasteiger partial charge < -0.3 is 0 Å². The molecule has 0 bridgehead atoms. The van der Waals surface area contributed by atoms with Crippen molar-refractivity contribution >= 4 is 24.2 Å². The minimum Gasteiger partial charge on any atom is -0.263 e. The molecular formula is C14H23NS. The monoisotopic (exact) mass is 237 g/mol. The van der Waals surface area contributed by atoms with E-state index in [1.165, 1.54) is 16.0 Å². The molecule has 0 spiro atoms. The van der Waals surface area contributed by atoms with Gasteiger partial charge in [0.2, 0.25) is 0 Å². The summed E-state index contributed by atoms with van der Waals surface area (Å²) in [5.74, 6) is 1.08. The number of aryl methyl sites for hydroxylation is 1. The minimum absolute atomic E-state index is 1.02. The van der Waals surface area contributed by atoms with Gasteiger partial charge in [0.15, 0.2) is 0 Å². The first-order valence-corrected chi connectivity index (χ1v) is 6.95. The third-order valence-corrected chi connectivity index (χ3v) is 3.43. The smallest absolute Gasteiger partial charge is 0.0761 e. The topological polar surface area (TPSA) is 12.4 Å². The van der Waals surface area contributed by atoms with Crippen LogP contribution in [-0.2, 0) is 6.42 Å². The predicted octanol–water partition coefficient (Wildman–Crippen LogP) is 5.03. The van der Waals surface area contributed by atoms with Crippen molar-refractivity contribution in [3.8, 4) is 0 Å². The summed E-state index contributed by atoms with van der Waals surface area (Å²) in [5, 5.41) is 0. The summed E-state index contributed by atoms with van der Waals surface area (Å²) >= 11 is 1.85. The van der Waals surface area contributed by atoms with E-state index in [-0.39, 0.29) is 0 Å². The first-order chi connectivity index (χ1) is 7.74. The Balaban J connectivity index is 0.00000106. The Kier molecular flexibility index (Phi) is 8.00. The quantitative estimate of drug-likeness (QED) is 0.528. The Hall–Kier alpha value is -0.760. The average Bonchev–Trinajstić information content (AvgIpc) is 2.34. The lowest BCUT2D eigenvalue weighted by atomic mass is 10.1. The zero-order chi connectivity index (χ0) is 12.6. The highest BCUT2D eigenvalue weighted by atomic mass is 32.2. The van der Waals surface area contributed by atoms with Crippen LogP contribution in [-0.4, -0.2) is 12.5 Å². The summed E-state index contributed by atoms with van der Waals surface area (Å²) in [4.78, 5) is 5.35. The molecule has 0 heterocycles. The van der Waals surface area contributed by atoms with Crippen molar-refractivity contribution in [2.24, 2.45) is 4.99 Å². The fraction of sp³-hybridized carbons (Fsp3) is 0.500. The van der Waals surface area contributed by atoms with Gasteiger partial charge in [-0.2, -0.15) is 0 Å². The fourth-order valence-corrected chi connectivity index (χ4v) is 2.47. The van der Waals surface area contributed by atoms with Gasteiger partial charge in [-0.1, -0.05) is 33.8 Å². The molecule has 1 rings (SSSR count). The standard InChI is InChI=1S/C12H17NS.C2H6/c1-5-10-7-8-11(13-4)12(9(10)3)14-6-2;1-2/h7-8H,4-6H2,1-3H3;1-2H3. The maximum atomic E-state index is 4.05. The second-order valence-corrected chi connectivity index (χ2v) is 4.42. The molecule has 1 nitrogen and oxygen atoms in total. The van der Waals surface area contributed by atoms with Crippen LogP contribution >= 0.6 is 11.8 Å². The molecule has 1 aromatic rings. The van der Waals surface area contributed by atoms with Crippen LogP contribution in [0.2, 0.25) is 0 Å². The van der Waals surface area contributed by atoms with Crippen molar-refractivity contribution in [2.45, 2.75) is 45.9 Å². The highest BCUT2D eigenvalue weighted by Crippen LogP contribution is 2.34. The van der Waals surface area contributed by atoms with E-state index in [1.54, 1.807) is 0 Å². The normalized spacial score (nSPS) is 9.31. The molecule has 0 aliphatic heterocycles. The lowest BCUT2D eigenvalue weighted by Gasteiger charge is -2.11. The number of thioether (sulfide) groups is 1. The van der Waals surface area contributed by atoms with Gasteiger partial charge in [-0.25, -0.2) is 0 Å². The van der Waals surface area contributed by atoms with Crippen molar-refractivity contribution in [3.63, 3.8) is 0 Å². The Morgan fingerprint density at radius 1 is 1.25 bits per heavy atom. The van der Waals surface area contributed by atoms with Gasteiger partial charge in [-0.3, -0.25) is 4.99 Å². The molecule has 0 fully saturated rings. The van der Waals surface area contributed by atoms with E-state index in [0.717, 1.165) is 17.9 Å². The molecule has 0 N–H and O–H groups in total. The van der Waals surface area contributed by atoms with Crippen LogP contribution in [0.15, 0.2) is 22.0 Å².